The van der Waals surface area contributed by atoms with E-state index in [-0.39, 0.29) is 0 Å². The second-order valence-electron chi connectivity index (χ2n) is 4.23. The number of nitrogens with zero attached hydrogens (tertiary/aromatic N) is 2. The molecule has 0 aliphatic carbocycles. The van der Waals surface area contributed by atoms with Gasteiger partial charge in [-0.15, -0.1) is 0 Å². The Morgan fingerprint density at radius 1 is 1.35 bits per heavy atom. The molecule has 5 heteroatoms. The van der Waals surface area contributed by atoms with Gasteiger partial charge in [-0.25, -0.2) is 0 Å². The van der Waals surface area contributed by atoms with Gasteiger partial charge in [0.1, 0.15) is 12.0 Å². The molecule has 2 rings (SSSR count). The summed E-state index contributed by atoms with van der Waals surface area (Å²) in [6.45, 7) is 5.90. The molecule has 92 valence electrons. The zero-order chi connectivity index (χ0) is 12.5. The van der Waals surface area contributed by atoms with E-state index in [0.29, 0.717) is 11.7 Å². The molecule has 0 saturated carbocycles. The summed E-state index contributed by atoms with van der Waals surface area (Å²) in [5.41, 5.74) is 6.48. The zero-order valence-corrected chi connectivity index (χ0v) is 10.4. The molecule has 0 unspecified atom stereocenters. The zero-order valence-electron chi connectivity index (χ0n) is 10.4. The molecule has 2 aromatic heterocycles. The predicted molar refractivity (Wildman–Crippen MR) is 63.2 cm³/mol. The molecule has 17 heavy (non-hydrogen) atoms. The van der Waals surface area contributed by atoms with E-state index in [1.54, 1.807) is 6.26 Å². The topological polar surface area (TPSA) is 78.1 Å². The third-order valence-corrected chi connectivity index (χ3v) is 3.11. The van der Waals surface area contributed by atoms with Crippen molar-refractivity contribution in [1.29, 1.82) is 0 Å². The maximum atomic E-state index is 6.21. The first-order valence-electron chi connectivity index (χ1n) is 5.77. The Balaban J connectivity index is 2.33. The highest BCUT2D eigenvalue weighted by Crippen LogP contribution is 2.26. The van der Waals surface area contributed by atoms with Gasteiger partial charge in [-0.2, -0.15) is 4.98 Å². The Morgan fingerprint density at radius 3 is 2.59 bits per heavy atom. The molecule has 0 aromatic carbocycles. The number of hydrogen-bond acceptors (Lipinski definition) is 5. The summed E-state index contributed by atoms with van der Waals surface area (Å²) >= 11 is 0. The summed E-state index contributed by atoms with van der Waals surface area (Å²) in [7, 11) is 0. The van der Waals surface area contributed by atoms with Crippen LogP contribution in [0.3, 0.4) is 0 Å². The monoisotopic (exact) mass is 235 g/mol. The number of aromatic nitrogens is 2. The SMILES string of the molecule is CCC(N)(CC)c1noc(-c2coc(C)c2)n1. The molecule has 2 N–H and O–H groups in total. The van der Waals surface area contributed by atoms with Crippen LogP contribution in [0.1, 0.15) is 38.3 Å². The van der Waals surface area contributed by atoms with Crippen molar-refractivity contribution in [2.24, 2.45) is 5.73 Å². The molecule has 5 nitrogen and oxygen atoms in total. The van der Waals surface area contributed by atoms with E-state index in [2.05, 4.69) is 10.1 Å². The Kier molecular flexibility index (Phi) is 3.02. The summed E-state index contributed by atoms with van der Waals surface area (Å²) in [5.74, 6) is 1.81. The molecule has 0 aliphatic rings. The Morgan fingerprint density at radius 2 is 2.06 bits per heavy atom. The van der Waals surface area contributed by atoms with Gasteiger partial charge in [-0.05, 0) is 25.8 Å². The summed E-state index contributed by atoms with van der Waals surface area (Å²) in [4.78, 5) is 4.34. The fourth-order valence-electron chi connectivity index (χ4n) is 1.66. The second kappa shape index (κ2) is 4.33. The van der Waals surface area contributed by atoms with Crippen LogP contribution in [-0.4, -0.2) is 10.1 Å². The van der Waals surface area contributed by atoms with Gasteiger partial charge in [0.05, 0.1) is 11.1 Å². The maximum Gasteiger partial charge on any atom is 0.261 e. The molecule has 0 radical (unpaired) electrons. The highest BCUT2D eigenvalue weighted by molar-refractivity contribution is 5.51. The van der Waals surface area contributed by atoms with Crippen LogP contribution in [0, 0.1) is 6.92 Å². The minimum Gasteiger partial charge on any atom is -0.469 e. The molecule has 0 fully saturated rings. The molecule has 0 atom stereocenters. The fourth-order valence-corrected chi connectivity index (χ4v) is 1.66. The van der Waals surface area contributed by atoms with Gasteiger partial charge in [0, 0.05) is 0 Å². The first-order chi connectivity index (χ1) is 8.09. The molecule has 0 spiro atoms. The van der Waals surface area contributed by atoms with Crippen molar-refractivity contribution >= 4 is 0 Å². The van der Waals surface area contributed by atoms with Gasteiger partial charge >= 0.3 is 0 Å². The van der Waals surface area contributed by atoms with Crippen molar-refractivity contribution in [2.75, 3.05) is 0 Å². The number of aryl methyl sites for hydroxylation is 1. The Labute approximate surface area is 100.0 Å². The van der Waals surface area contributed by atoms with Crippen molar-refractivity contribution in [3.05, 3.63) is 23.9 Å². The van der Waals surface area contributed by atoms with Crippen LogP contribution in [0.25, 0.3) is 11.5 Å². The number of nitrogens with two attached hydrogens (primary N) is 1. The smallest absolute Gasteiger partial charge is 0.261 e. The summed E-state index contributed by atoms with van der Waals surface area (Å²) < 4.78 is 10.4. The fraction of sp³-hybridized carbons (Fsp3) is 0.500. The van der Waals surface area contributed by atoms with Gasteiger partial charge < -0.3 is 14.7 Å². The highest BCUT2D eigenvalue weighted by atomic mass is 16.5. The van der Waals surface area contributed by atoms with E-state index in [0.717, 1.165) is 24.2 Å². The third kappa shape index (κ3) is 2.10. The summed E-state index contributed by atoms with van der Waals surface area (Å²) in [6.07, 6.45) is 3.14. The van der Waals surface area contributed by atoms with Crippen LogP contribution in [0.4, 0.5) is 0 Å². The first-order valence-corrected chi connectivity index (χ1v) is 5.77. The second-order valence-corrected chi connectivity index (χ2v) is 4.23. The van der Waals surface area contributed by atoms with Gasteiger partial charge in [-0.3, -0.25) is 0 Å². The lowest BCUT2D eigenvalue weighted by atomic mass is 9.93. The Bertz CT molecular complexity index is 497. The van der Waals surface area contributed by atoms with Gasteiger partial charge in [0.15, 0.2) is 5.82 Å². The number of hydrogen-bond donors (Lipinski definition) is 1. The quantitative estimate of drug-likeness (QED) is 0.881. The molecule has 0 bridgehead atoms. The van der Waals surface area contributed by atoms with Crippen molar-refractivity contribution < 1.29 is 8.94 Å². The lowest BCUT2D eigenvalue weighted by Gasteiger charge is -2.21. The van der Waals surface area contributed by atoms with Crippen LogP contribution < -0.4 is 5.73 Å². The van der Waals surface area contributed by atoms with Crippen molar-refractivity contribution in [3.63, 3.8) is 0 Å². The van der Waals surface area contributed by atoms with Crippen LogP contribution in [0.2, 0.25) is 0 Å². The molecule has 0 aliphatic heterocycles. The summed E-state index contributed by atoms with van der Waals surface area (Å²) in [6, 6.07) is 1.85. The summed E-state index contributed by atoms with van der Waals surface area (Å²) in [5, 5.41) is 3.96. The normalized spacial score (nSPS) is 12.0. The van der Waals surface area contributed by atoms with Crippen molar-refractivity contribution in [1.82, 2.24) is 10.1 Å². The minimum absolute atomic E-state index is 0.452. The first kappa shape index (κ1) is 11.9. The molecule has 2 aromatic rings. The molecular formula is C12H17N3O2. The van der Waals surface area contributed by atoms with Crippen molar-refractivity contribution in [3.8, 4) is 11.5 Å². The Hall–Kier alpha value is -1.62. The van der Waals surface area contributed by atoms with Gasteiger partial charge in [-0.1, -0.05) is 19.0 Å². The van der Waals surface area contributed by atoms with E-state index in [1.165, 1.54) is 0 Å². The van der Waals surface area contributed by atoms with Crippen LogP contribution in [-0.2, 0) is 5.54 Å². The van der Waals surface area contributed by atoms with E-state index in [9.17, 15) is 0 Å². The minimum atomic E-state index is -0.513. The van der Waals surface area contributed by atoms with Gasteiger partial charge in [0.25, 0.3) is 5.89 Å². The van der Waals surface area contributed by atoms with Crippen LogP contribution in [0.15, 0.2) is 21.3 Å². The van der Waals surface area contributed by atoms with Gasteiger partial charge in [0.2, 0.25) is 0 Å². The lowest BCUT2D eigenvalue weighted by Crippen LogP contribution is -2.36. The highest BCUT2D eigenvalue weighted by Gasteiger charge is 2.29. The predicted octanol–water partition coefficient (Wildman–Crippen LogP) is 2.61. The average molecular weight is 235 g/mol. The molecular weight excluding hydrogens is 218 g/mol. The third-order valence-electron chi connectivity index (χ3n) is 3.11. The largest absolute Gasteiger partial charge is 0.469 e. The molecule has 2 heterocycles. The molecule has 0 saturated heterocycles. The standard InChI is InChI=1S/C12H17N3O2/c1-4-12(13,5-2)11-14-10(17-15-11)9-6-8(3)16-7-9/h6-7H,4-5,13H2,1-3H3. The van der Waals surface area contributed by atoms with E-state index >= 15 is 0 Å². The van der Waals surface area contributed by atoms with E-state index < -0.39 is 5.54 Å². The van der Waals surface area contributed by atoms with Crippen LogP contribution in [0.5, 0.6) is 0 Å². The maximum absolute atomic E-state index is 6.21. The number of rotatable bonds is 4. The van der Waals surface area contributed by atoms with Crippen LogP contribution >= 0.6 is 0 Å². The average Bonchev–Trinajstić information content (AvgIpc) is 2.96. The number of furan rings is 1. The van der Waals surface area contributed by atoms with E-state index in [4.69, 9.17) is 14.7 Å². The lowest BCUT2D eigenvalue weighted by molar-refractivity contribution is 0.350. The molecule has 0 amide bonds. The van der Waals surface area contributed by atoms with E-state index in [1.807, 2.05) is 26.8 Å². The van der Waals surface area contributed by atoms with Crippen molar-refractivity contribution in [2.45, 2.75) is 39.2 Å².